The number of aromatic nitrogens is 2. The molecule has 23 heavy (non-hydrogen) atoms. The first-order chi connectivity index (χ1) is 11.1. The standard InChI is InChI=1S/C16H18N4O3/c1-9-15(10(2)19-18-9)17-16(21)14-8-13(20-23-14)11-4-6-12(22-3)7-5-11/h4-7,14H,8H2,1-3H3,(H,17,21)(H,18,19). The predicted octanol–water partition coefficient (Wildman–Crippen LogP) is 2.17. The van der Waals surface area contributed by atoms with Crippen LogP contribution in [0.4, 0.5) is 5.69 Å². The SMILES string of the molecule is COc1ccc(C2=NOC(C(=O)Nc3c(C)n[nH]c3C)C2)cc1. The van der Waals surface area contributed by atoms with Crippen LogP contribution < -0.4 is 10.1 Å². The van der Waals surface area contributed by atoms with Gasteiger partial charge in [0.15, 0.2) is 0 Å². The van der Waals surface area contributed by atoms with E-state index < -0.39 is 6.10 Å². The number of oxime groups is 1. The molecule has 2 aromatic rings. The maximum Gasteiger partial charge on any atom is 0.268 e. The molecule has 1 aliphatic heterocycles. The van der Waals surface area contributed by atoms with Crippen molar-refractivity contribution in [3.8, 4) is 5.75 Å². The number of rotatable bonds is 4. The van der Waals surface area contributed by atoms with Crippen LogP contribution in [0, 0.1) is 13.8 Å². The van der Waals surface area contributed by atoms with Crippen molar-refractivity contribution >= 4 is 17.3 Å². The second-order valence-corrected chi connectivity index (χ2v) is 5.36. The number of H-pyrrole nitrogens is 1. The summed E-state index contributed by atoms with van der Waals surface area (Å²) in [7, 11) is 1.62. The lowest BCUT2D eigenvalue weighted by Crippen LogP contribution is -2.28. The minimum Gasteiger partial charge on any atom is -0.497 e. The van der Waals surface area contributed by atoms with Gasteiger partial charge in [0.05, 0.1) is 29.9 Å². The molecule has 0 radical (unpaired) electrons. The molecule has 1 aromatic heterocycles. The monoisotopic (exact) mass is 314 g/mol. The van der Waals surface area contributed by atoms with Gasteiger partial charge in [-0.2, -0.15) is 5.10 Å². The zero-order chi connectivity index (χ0) is 16.4. The molecule has 1 aromatic carbocycles. The number of hydrogen-bond acceptors (Lipinski definition) is 5. The van der Waals surface area contributed by atoms with E-state index in [1.165, 1.54) is 0 Å². The van der Waals surface area contributed by atoms with E-state index in [1.807, 2.05) is 38.1 Å². The van der Waals surface area contributed by atoms with Gasteiger partial charge in [0, 0.05) is 6.42 Å². The van der Waals surface area contributed by atoms with E-state index in [0.29, 0.717) is 12.1 Å². The van der Waals surface area contributed by atoms with Gasteiger partial charge in [-0.25, -0.2) is 0 Å². The second kappa shape index (κ2) is 6.12. The summed E-state index contributed by atoms with van der Waals surface area (Å²) in [5.41, 5.74) is 3.90. The van der Waals surface area contributed by atoms with E-state index in [0.717, 1.165) is 28.4 Å². The van der Waals surface area contributed by atoms with E-state index in [-0.39, 0.29) is 5.91 Å². The lowest BCUT2D eigenvalue weighted by atomic mass is 10.0. The molecule has 2 heterocycles. The molecule has 0 saturated carbocycles. The Kier molecular flexibility index (Phi) is 4.01. The molecule has 2 N–H and O–H groups in total. The molecule has 7 heteroatoms. The second-order valence-electron chi connectivity index (χ2n) is 5.36. The minimum absolute atomic E-state index is 0.232. The number of aryl methyl sites for hydroxylation is 2. The molecular weight excluding hydrogens is 296 g/mol. The molecule has 7 nitrogen and oxygen atoms in total. The molecular formula is C16H18N4O3. The van der Waals surface area contributed by atoms with Gasteiger partial charge in [-0.05, 0) is 43.7 Å². The fourth-order valence-electron chi connectivity index (χ4n) is 2.41. The topological polar surface area (TPSA) is 88.6 Å². The lowest BCUT2D eigenvalue weighted by Gasteiger charge is -2.09. The number of ether oxygens (including phenoxy) is 1. The largest absolute Gasteiger partial charge is 0.497 e. The van der Waals surface area contributed by atoms with E-state index in [9.17, 15) is 4.79 Å². The Morgan fingerprint density at radius 1 is 1.35 bits per heavy atom. The minimum atomic E-state index is -0.638. The first kappa shape index (κ1) is 15.1. The fourth-order valence-corrected chi connectivity index (χ4v) is 2.41. The third-order valence-corrected chi connectivity index (χ3v) is 3.76. The molecule has 1 aliphatic rings. The van der Waals surface area contributed by atoms with Crippen LogP contribution in [0.2, 0.25) is 0 Å². The summed E-state index contributed by atoms with van der Waals surface area (Å²) >= 11 is 0. The van der Waals surface area contributed by atoms with Crippen molar-refractivity contribution in [2.24, 2.45) is 5.16 Å². The smallest absolute Gasteiger partial charge is 0.268 e. The van der Waals surface area contributed by atoms with Crippen LogP contribution in [0.15, 0.2) is 29.4 Å². The van der Waals surface area contributed by atoms with E-state index >= 15 is 0 Å². The Hall–Kier alpha value is -2.83. The Labute approximate surface area is 133 Å². The van der Waals surface area contributed by atoms with Crippen molar-refractivity contribution < 1.29 is 14.4 Å². The van der Waals surface area contributed by atoms with E-state index in [1.54, 1.807) is 7.11 Å². The highest BCUT2D eigenvalue weighted by Gasteiger charge is 2.29. The van der Waals surface area contributed by atoms with Gasteiger partial charge in [0.2, 0.25) is 6.10 Å². The number of anilines is 1. The van der Waals surface area contributed by atoms with E-state index in [4.69, 9.17) is 9.57 Å². The van der Waals surface area contributed by atoms with Gasteiger partial charge in [-0.3, -0.25) is 9.89 Å². The third-order valence-electron chi connectivity index (χ3n) is 3.76. The van der Waals surface area contributed by atoms with Crippen LogP contribution in [0.5, 0.6) is 5.75 Å². The molecule has 0 spiro atoms. The fraction of sp³-hybridized carbons (Fsp3) is 0.312. The summed E-state index contributed by atoms with van der Waals surface area (Å²) in [5, 5.41) is 13.8. The number of hydrogen-bond donors (Lipinski definition) is 2. The summed E-state index contributed by atoms with van der Waals surface area (Å²) in [6.07, 6.45) is -0.213. The number of methoxy groups -OCH3 is 1. The zero-order valence-electron chi connectivity index (χ0n) is 13.2. The van der Waals surface area contributed by atoms with Gasteiger partial charge < -0.3 is 14.9 Å². The molecule has 1 amide bonds. The van der Waals surface area contributed by atoms with Crippen LogP contribution >= 0.6 is 0 Å². The van der Waals surface area contributed by atoms with E-state index in [2.05, 4.69) is 20.7 Å². The zero-order valence-corrected chi connectivity index (χ0v) is 13.2. The van der Waals surface area contributed by atoms with Crippen LogP contribution in [-0.4, -0.2) is 35.0 Å². The van der Waals surface area contributed by atoms with Gasteiger partial charge in [0.25, 0.3) is 5.91 Å². The molecule has 0 fully saturated rings. The normalized spacial score (nSPS) is 16.7. The average molecular weight is 314 g/mol. The molecule has 0 bridgehead atoms. The number of nitrogens with zero attached hydrogens (tertiary/aromatic N) is 2. The first-order valence-electron chi connectivity index (χ1n) is 7.28. The predicted molar refractivity (Wildman–Crippen MR) is 85.7 cm³/mol. The Bertz CT molecular complexity index is 730. The Morgan fingerprint density at radius 2 is 2.09 bits per heavy atom. The quantitative estimate of drug-likeness (QED) is 0.905. The van der Waals surface area contributed by atoms with Crippen LogP contribution in [0.1, 0.15) is 23.4 Å². The summed E-state index contributed by atoms with van der Waals surface area (Å²) in [5.74, 6) is 0.540. The highest BCUT2D eigenvalue weighted by atomic mass is 16.6. The first-order valence-corrected chi connectivity index (χ1v) is 7.28. The summed E-state index contributed by atoms with van der Waals surface area (Å²) in [6, 6.07) is 7.49. The van der Waals surface area contributed by atoms with Crippen molar-refractivity contribution in [1.29, 1.82) is 0 Å². The number of aromatic amines is 1. The summed E-state index contributed by atoms with van der Waals surface area (Å²) < 4.78 is 5.13. The number of amides is 1. The van der Waals surface area contributed by atoms with Crippen LogP contribution in [0.3, 0.4) is 0 Å². The lowest BCUT2D eigenvalue weighted by molar-refractivity contribution is -0.125. The van der Waals surface area contributed by atoms with Crippen molar-refractivity contribution in [2.75, 3.05) is 12.4 Å². The van der Waals surface area contributed by atoms with Gasteiger partial charge in [-0.1, -0.05) is 5.16 Å². The van der Waals surface area contributed by atoms with Gasteiger partial charge in [-0.15, -0.1) is 0 Å². The summed E-state index contributed by atoms with van der Waals surface area (Å²) in [6.45, 7) is 3.68. The highest BCUT2D eigenvalue weighted by Crippen LogP contribution is 2.22. The van der Waals surface area contributed by atoms with Crippen molar-refractivity contribution in [3.05, 3.63) is 41.2 Å². The molecule has 0 aliphatic carbocycles. The van der Waals surface area contributed by atoms with Crippen molar-refractivity contribution in [3.63, 3.8) is 0 Å². The molecule has 3 rings (SSSR count). The third kappa shape index (κ3) is 3.03. The number of nitrogens with one attached hydrogen (secondary N) is 2. The van der Waals surface area contributed by atoms with Gasteiger partial charge in [0.1, 0.15) is 5.75 Å². The number of carbonyl (C=O) groups excluding carboxylic acids is 1. The maximum atomic E-state index is 12.3. The maximum absolute atomic E-state index is 12.3. The highest BCUT2D eigenvalue weighted by molar-refractivity contribution is 6.06. The van der Waals surface area contributed by atoms with Gasteiger partial charge >= 0.3 is 0 Å². The van der Waals surface area contributed by atoms with Crippen LogP contribution in [0.25, 0.3) is 0 Å². The number of carbonyl (C=O) groups is 1. The Balaban J connectivity index is 1.65. The molecule has 120 valence electrons. The molecule has 0 saturated heterocycles. The average Bonchev–Trinajstić information content (AvgIpc) is 3.17. The molecule has 1 atom stereocenters. The number of benzene rings is 1. The summed E-state index contributed by atoms with van der Waals surface area (Å²) in [4.78, 5) is 17.6. The van der Waals surface area contributed by atoms with Crippen molar-refractivity contribution in [1.82, 2.24) is 10.2 Å². The molecule has 1 unspecified atom stereocenters. The van der Waals surface area contributed by atoms with Crippen molar-refractivity contribution in [2.45, 2.75) is 26.4 Å². The van der Waals surface area contributed by atoms with Crippen LogP contribution in [-0.2, 0) is 9.63 Å². The Morgan fingerprint density at radius 3 is 2.70 bits per heavy atom.